The molecule has 0 saturated heterocycles. The first-order valence-corrected chi connectivity index (χ1v) is 20.9. The number of furan rings is 1. The highest BCUT2D eigenvalue weighted by molar-refractivity contribution is 6.71. The molecule has 0 aliphatic rings. The Hall–Kier alpha value is -6.88. The maximum absolute atomic E-state index is 7.37. The van der Waals surface area contributed by atoms with Crippen molar-refractivity contribution >= 4 is 193 Å². The molecule has 16 radical (unpaired) electrons. The smallest absolute Gasteiger partial charge is 0.135 e. The van der Waals surface area contributed by atoms with Gasteiger partial charge >= 0.3 is 0 Å². The van der Waals surface area contributed by atoms with Gasteiger partial charge in [-0.25, -0.2) is 0 Å². The van der Waals surface area contributed by atoms with Gasteiger partial charge in [0.2, 0.25) is 0 Å². The van der Waals surface area contributed by atoms with Gasteiger partial charge in [-0.2, -0.15) is 0 Å². The highest BCUT2D eigenvalue weighted by Crippen LogP contribution is 2.44. The SMILES string of the molecule is [B]/C(Cc1ccc(-c2ccc3ccc4cccc5ccc2c3c45)cc1-c1ccc2ccc3cccc4ccc1c2c34)=c1/c(=C(/[B])C#C)oc2c([B])c([B])c3c([B])c([B])c([B])c([B])c3c12. The second-order valence-electron chi connectivity index (χ2n) is 16.8. The molecule has 9 heteroatoms. The number of benzene rings is 11. The molecule has 0 saturated carbocycles. The van der Waals surface area contributed by atoms with Gasteiger partial charge < -0.3 is 4.42 Å². The lowest BCUT2D eigenvalue weighted by Crippen LogP contribution is -2.50. The van der Waals surface area contributed by atoms with Crippen molar-refractivity contribution in [2.75, 3.05) is 0 Å². The molecule has 12 rings (SSSR count). The van der Waals surface area contributed by atoms with Gasteiger partial charge in [0.05, 0.1) is 0 Å². The largest absolute Gasteiger partial charge is 0.457 e. The normalized spacial score (nSPS) is 13.1. The van der Waals surface area contributed by atoms with Gasteiger partial charge in [0.15, 0.2) is 0 Å². The van der Waals surface area contributed by atoms with Crippen molar-refractivity contribution in [3.8, 4) is 34.6 Å². The van der Waals surface area contributed by atoms with Gasteiger partial charge in [-0.1, -0.05) is 149 Å². The molecule has 0 amide bonds. The molecular formula is C55H24B8O. The van der Waals surface area contributed by atoms with Crippen LogP contribution < -0.4 is 43.4 Å². The lowest BCUT2D eigenvalue weighted by Gasteiger charge is -2.21. The highest BCUT2D eigenvalue weighted by atomic mass is 16.3. The van der Waals surface area contributed by atoms with Crippen molar-refractivity contribution in [1.29, 1.82) is 0 Å². The minimum absolute atomic E-state index is 0.00610. The molecule has 1 aromatic heterocycles. The Labute approximate surface area is 379 Å². The molecule has 0 unspecified atom stereocenters. The Balaban J connectivity index is 1.18. The van der Waals surface area contributed by atoms with Crippen molar-refractivity contribution in [2.45, 2.75) is 6.42 Å². The van der Waals surface area contributed by atoms with E-state index in [1.165, 1.54) is 53.9 Å². The topological polar surface area (TPSA) is 13.1 Å². The monoisotopic (exact) mass is 788 g/mol. The molecule has 64 heavy (non-hydrogen) atoms. The molecule has 1 nitrogen and oxygen atoms in total. The summed E-state index contributed by atoms with van der Waals surface area (Å²) in [6.07, 6.45) is 6.18. The summed E-state index contributed by atoms with van der Waals surface area (Å²) in [4.78, 5) is 0. The number of hydrogen-bond acceptors (Lipinski definition) is 1. The van der Waals surface area contributed by atoms with Crippen molar-refractivity contribution in [3.63, 3.8) is 0 Å². The van der Waals surface area contributed by atoms with Crippen LogP contribution in [0.5, 0.6) is 0 Å². The number of rotatable bonds is 4. The third-order valence-electron chi connectivity index (χ3n) is 13.5. The zero-order chi connectivity index (χ0) is 43.9. The molecular weight excluding hydrogens is 763 g/mol. The van der Waals surface area contributed by atoms with Crippen LogP contribution in [0.3, 0.4) is 0 Å². The molecule has 12 aromatic rings. The summed E-state index contributed by atoms with van der Waals surface area (Å²) in [5, 5.41) is 16.0. The van der Waals surface area contributed by atoms with Crippen molar-refractivity contribution in [1.82, 2.24) is 0 Å². The molecule has 0 atom stereocenters. The van der Waals surface area contributed by atoms with E-state index < -0.39 is 0 Å². The van der Waals surface area contributed by atoms with Gasteiger partial charge in [-0.3, -0.25) is 0 Å². The third-order valence-corrected chi connectivity index (χ3v) is 13.5. The maximum atomic E-state index is 7.37. The van der Waals surface area contributed by atoms with E-state index in [0.717, 1.165) is 38.6 Å². The zero-order valence-corrected chi connectivity index (χ0v) is 34.4. The van der Waals surface area contributed by atoms with Gasteiger partial charge in [-0.15, -0.1) is 22.8 Å². The second-order valence-corrected chi connectivity index (χ2v) is 16.8. The van der Waals surface area contributed by atoms with Crippen LogP contribution in [0.1, 0.15) is 5.56 Å². The van der Waals surface area contributed by atoms with E-state index in [4.69, 9.17) is 73.6 Å². The predicted octanol–water partition coefficient (Wildman–Crippen LogP) is 4.91. The van der Waals surface area contributed by atoms with E-state index in [0.29, 0.717) is 26.8 Å². The Kier molecular flexibility index (Phi) is 8.52. The van der Waals surface area contributed by atoms with Gasteiger partial charge in [0.25, 0.3) is 0 Å². The fourth-order valence-electron chi connectivity index (χ4n) is 10.4. The first-order chi connectivity index (χ1) is 31.0. The fraction of sp³-hybridized carbons (Fsp3) is 0.0182. The summed E-state index contributed by atoms with van der Waals surface area (Å²) in [6, 6.07) is 46.1. The van der Waals surface area contributed by atoms with Crippen molar-refractivity contribution in [2.24, 2.45) is 0 Å². The summed E-state index contributed by atoms with van der Waals surface area (Å²) >= 11 is 0. The van der Waals surface area contributed by atoms with E-state index >= 15 is 0 Å². The van der Waals surface area contributed by atoms with Gasteiger partial charge in [0, 0.05) is 10.6 Å². The van der Waals surface area contributed by atoms with Crippen molar-refractivity contribution in [3.05, 3.63) is 144 Å². The Morgan fingerprint density at radius 3 is 1.52 bits per heavy atom. The van der Waals surface area contributed by atoms with Crippen LogP contribution in [0.15, 0.2) is 132 Å². The molecule has 0 fully saturated rings. The van der Waals surface area contributed by atoms with Gasteiger partial charge in [-0.05, 0) is 121 Å². The summed E-state index contributed by atoms with van der Waals surface area (Å²) in [5.41, 5.74) is 6.62. The maximum Gasteiger partial charge on any atom is 0.135 e. The van der Waals surface area contributed by atoms with E-state index in [1.807, 2.05) is 0 Å². The van der Waals surface area contributed by atoms with Crippen LogP contribution in [0.4, 0.5) is 0 Å². The molecule has 11 aromatic carbocycles. The van der Waals surface area contributed by atoms with E-state index in [1.54, 1.807) is 0 Å². The van der Waals surface area contributed by atoms with Crippen LogP contribution in [0.2, 0.25) is 0 Å². The lowest BCUT2D eigenvalue weighted by atomic mass is 9.61. The van der Waals surface area contributed by atoms with Crippen LogP contribution in [-0.2, 0) is 6.42 Å². The molecule has 0 aliphatic carbocycles. The summed E-state index contributed by atoms with van der Waals surface area (Å²) in [7, 11) is 53.4. The summed E-state index contributed by atoms with van der Waals surface area (Å²) in [5.74, 6) is 2.53. The molecule has 0 spiro atoms. The van der Waals surface area contributed by atoms with Crippen LogP contribution >= 0.6 is 0 Å². The number of terminal acetylenes is 1. The molecule has 0 aliphatic heterocycles. The Morgan fingerprint density at radius 2 is 0.938 bits per heavy atom. The fourth-order valence-corrected chi connectivity index (χ4v) is 10.4. The van der Waals surface area contributed by atoms with E-state index in [9.17, 15) is 0 Å². The predicted molar refractivity (Wildman–Crippen MR) is 281 cm³/mol. The van der Waals surface area contributed by atoms with Crippen LogP contribution in [0, 0.1) is 12.3 Å². The third kappa shape index (κ3) is 5.32. The first-order valence-electron chi connectivity index (χ1n) is 20.9. The Bertz CT molecular complexity index is 4180. The van der Waals surface area contributed by atoms with E-state index in [-0.39, 0.29) is 55.7 Å². The molecule has 0 bridgehead atoms. The van der Waals surface area contributed by atoms with Crippen molar-refractivity contribution < 1.29 is 4.42 Å². The minimum atomic E-state index is 0.00610. The molecule has 1 heterocycles. The molecule has 0 N–H and O–H groups in total. The quantitative estimate of drug-likeness (QED) is 0.141. The lowest BCUT2D eigenvalue weighted by molar-refractivity contribution is 0.577. The summed E-state index contributed by atoms with van der Waals surface area (Å²) < 4.78 is 6.42. The second kappa shape index (κ2) is 14.1. The number of fused-ring (bicyclic) bond motifs is 3. The first kappa shape index (κ1) is 38.8. The zero-order valence-electron chi connectivity index (χ0n) is 34.4. The van der Waals surface area contributed by atoms with E-state index in [2.05, 4.69) is 133 Å². The average Bonchev–Trinajstić information content (AvgIpc) is 3.73. The molecule has 274 valence electrons. The minimum Gasteiger partial charge on any atom is -0.457 e. The van der Waals surface area contributed by atoms with Gasteiger partial charge in [0.1, 0.15) is 73.8 Å². The standard InChI is InChI=1S/C55H24B8O/c1-2-38(56)54-44(46-45-47(50(60)53(63)55(46)64-54)49(59)52(62)51(61)48(45)58)39(57)24-32-14-13-31(33-19-15-29-11-9-25-5-3-7-27-17-21-35(33)42(29)40(25)27)23-37(32)34-20-16-30-12-10-26-6-4-8-28-18-22-36(34)43(30)41(26)28/h1,3-23H,24H2/b44-39+,54-38-. The summed E-state index contributed by atoms with van der Waals surface area (Å²) in [6.45, 7) is 0. The highest BCUT2D eigenvalue weighted by Gasteiger charge is 2.22. The number of hydrogen-bond donors (Lipinski definition) is 0. The van der Waals surface area contributed by atoms with Crippen LogP contribution in [0.25, 0.3) is 120 Å². The van der Waals surface area contributed by atoms with Crippen LogP contribution in [-0.4, -0.2) is 62.8 Å². The Morgan fingerprint density at radius 1 is 0.453 bits per heavy atom. The average molecular weight is 787 g/mol.